The number of benzene rings is 19. The maximum absolute atomic E-state index is 14.1. The van der Waals surface area contributed by atoms with Crippen LogP contribution in [0.5, 0.6) is 0 Å². The summed E-state index contributed by atoms with van der Waals surface area (Å²) in [5.74, 6) is 0. The van der Waals surface area contributed by atoms with Crippen LogP contribution >= 0.6 is 22.7 Å². The van der Waals surface area contributed by atoms with Crippen LogP contribution in [-0.2, 0) is 0 Å². The second kappa shape index (κ2) is 25.9. The minimum atomic E-state index is 0.479. The molecule has 9 heterocycles. The van der Waals surface area contributed by atoms with E-state index in [9.17, 15) is 5.26 Å². The Labute approximate surface area is 721 Å². The van der Waals surface area contributed by atoms with Crippen molar-refractivity contribution in [2.75, 3.05) is 0 Å². The molecule has 9 aromatic heterocycles. The second-order valence-electron chi connectivity index (χ2n) is 33.2. The van der Waals surface area contributed by atoms with Crippen LogP contribution in [0.1, 0.15) is 5.56 Å². The summed E-state index contributed by atoms with van der Waals surface area (Å²) in [7, 11) is 0. The lowest BCUT2D eigenvalue weighted by atomic mass is 10.00. The minimum Gasteiger partial charge on any atom is -0.309 e. The van der Waals surface area contributed by atoms with Gasteiger partial charge in [0.1, 0.15) is 11.6 Å². The number of hydrogen-bond acceptors (Lipinski definition) is 3. The molecule has 0 saturated heterocycles. The third-order valence-corrected chi connectivity index (χ3v) is 29.4. The van der Waals surface area contributed by atoms with Gasteiger partial charge in [0.25, 0.3) is 0 Å². The average Bonchev–Trinajstić information content (AvgIpc) is 1.54. The van der Waals surface area contributed by atoms with Crippen LogP contribution in [-0.4, -0.2) is 32.0 Å². The van der Waals surface area contributed by atoms with Crippen LogP contribution in [0.15, 0.2) is 400 Å². The molecule has 0 unspecified atom stereocenters. The van der Waals surface area contributed by atoms with Crippen molar-refractivity contribution >= 4 is 216 Å². The summed E-state index contributed by atoms with van der Waals surface area (Å²) in [5.41, 5.74) is 25.2. The molecule has 0 fully saturated rings. The lowest BCUT2D eigenvalue weighted by molar-refractivity contribution is 0.992. The van der Waals surface area contributed by atoms with Crippen molar-refractivity contribution in [3.05, 3.63) is 406 Å². The zero-order valence-corrected chi connectivity index (χ0v) is 68.6. The van der Waals surface area contributed by atoms with Gasteiger partial charge in [0.15, 0.2) is 0 Å². The Kier molecular flexibility index (Phi) is 14.2. The molecule has 0 amide bonds. The van der Waals surface area contributed by atoms with Gasteiger partial charge < -0.3 is 32.0 Å². The Morgan fingerprint density at radius 3 is 0.696 bits per heavy atom. The Balaban J connectivity index is 0.882. The molecule has 578 valence electrons. The van der Waals surface area contributed by atoms with Gasteiger partial charge in [-0.2, -0.15) is 5.26 Å². The zero-order valence-electron chi connectivity index (χ0n) is 67.0. The van der Waals surface area contributed by atoms with E-state index in [4.69, 9.17) is 0 Å². The van der Waals surface area contributed by atoms with Crippen molar-refractivity contribution < 1.29 is 0 Å². The average molecular weight is 1620 g/mol. The van der Waals surface area contributed by atoms with Crippen molar-refractivity contribution in [2.24, 2.45) is 0 Å². The highest BCUT2D eigenvalue weighted by Crippen LogP contribution is 2.55. The molecule has 28 aromatic rings. The topological polar surface area (TPSA) is 58.3 Å². The van der Waals surface area contributed by atoms with Gasteiger partial charge in [-0.05, 0) is 156 Å². The first kappa shape index (κ1) is 68.5. The molecule has 0 radical (unpaired) electrons. The predicted molar refractivity (Wildman–Crippen MR) is 528 cm³/mol. The maximum atomic E-state index is 14.1. The number of nitrogens with zero attached hydrogens (tertiary/aromatic N) is 8. The molecule has 0 N–H and O–H groups in total. The number of thiophene rings is 2. The van der Waals surface area contributed by atoms with E-state index in [2.05, 4.69) is 438 Å². The zero-order chi connectivity index (χ0) is 81.5. The molecule has 0 saturated carbocycles. The Hall–Kier alpha value is -16.3. The van der Waals surface area contributed by atoms with Crippen molar-refractivity contribution in [3.63, 3.8) is 0 Å². The van der Waals surface area contributed by atoms with E-state index in [0.29, 0.717) is 5.56 Å². The molecular weight excluding hydrogens is 1560 g/mol. The predicted octanol–water partition coefficient (Wildman–Crippen LogP) is 31.3. The van der Waals surface area contributed by atoms with Crippen LogP contribution < -0.4 is 0 Å². The molecular formula is C115H66N8S2. The smallest absolute Gasteiger partial charge is 0.105 e. The highest BCUT2D eigenvalue weighted by molar-refractivity contribution is 7.26. The molecule has 0 aliphatic rings. The molecule has 8 nitrogen and oxygen atoms in total. The molecule has 0 atom stereocenters. The first-order valence-corrected chi connectivity index (χ1v) is 44.2. The molecule has 0 aliphatic heterocycles. The summed E-state index contributed by atoms with van der Waals surface area (Å²) in [4.78, 5) is 0. The van der Waals surface area contributed by atoms with Gasteiger partial charge in [-0.15, -0.1) is 22.7 Å². The van der Waals surface area contributed by atoms with E-state index in [1.165, 1.54) is 73.0 Å². The van der Waals surface area contributed by atoms with Gasteiger partial charge >= 0.3 is 0 Å². The highest BCUT2D eigenvalue weighted by Gasteiger charge is 2.38. The molecule has 28 rings (SSSR count). The quantitative estimate of drug-likeness (QED) is 0.142. The summed E-state index contributed by atoms with van der Waals surface area (Å²) >= 11 is 3.72. The van der Waals surface area contributed by atoms with Crippen molar-refractivity contribution in [2.45, 2.75) is 0 Å². The van der Waals surface area contributed by atoms with Gasteiger partial charge in [-0.3, -0.25) is 0 Å². The maximum Gasteiger partial charge on any atom is 0.105 e. The number of rotatable bonds is 9. The van der Waals surface area contributed by atoms with Gasteiger partial charge in [-0.25, -0.2) is 0 Å². The summed E-state index contributed by atoms with van der Waals surface area (Å²) in [5, 5.41) is 34.5. The van der Waals surface area contributed by atoms with Crippen LogP contribution in [0.3, 0.4) is 0 Å². The molecule has 0 spiro atoms. The van der Waals surface area contributed by atoms with Gasteiger partial charge in [-0.1, -0.05) is 267 Å². The molecule has 10 heteroatoms. The fraction of sp³-hybridized carbons (Fsp3) is 0. The van der Waals surface area contributed by atoms with E-state index in [1.807, 2.05) is 22.7 Å². The number of aromatic nitrogens is 7. The van der Waals surface area contributed by atoms with Gasteiger partial charge in [0, 0.05) is 127 Å². The lowest BCUT2D eigenvalue weighted by Crippen LogP contribution is -2.18. The second-order valence-corrected chi connectivity index (χ2v) is 35.3. The Bertz CT molecular complexity index is 8930. The van der Waals surface area contributed by atoms with Crippen LogP contribution in [0, 0.1) is 11.3 Å². The Morgan fingerprint density at radius 2 is 0.400 bits per heavy atom. The van der Waals surface area contributed by atoms with Crippen molar-refractivity contribution in [1.82, 2.24) is 32.0 Å². The monoisotopic (exact) mass is 1620 g/mol. The minimum absolute atomic E-state index is 0.479. The van der Waals surface area contributed by atoms with E-state index in [-0.39, 0.29) is 0 Å². The molecule has 19 aromatic carbocycles. The lowest BCUT2D eigenvalue weighted by Gasteiger charge is -2.30. The largest absolute Gasteiger partial charge is 0.309 e. The van der Waals surface area contributed by atoms with Crippen molar-refractivity contribution in [3.8, 4) is 68.1 Å². The van der Waals surface area contributed by atoms with Crippen LogP contribution in [0.2, 0.25) is 0 Å². The van der Waals surface area contributed by atoms with E-state index >= 15 is 0 Å². The van der Waals surface area contributed by atoms with Crippen LogP contribution in [0.25, 0.3) is 255 Å². The normalized spacial score (nSPS) is 12.3. The fourth-order valence-electron chi connectivity index (χ4n) is 21.8. The number of fused-ring (bicyclic) bond motifs is 27. The first-order chi connectivity index (χ1) is 62.0. The summed E-state index contributed by atoms with van der Waals surface area (Å²) in [6.45, 7) is 0. The van der Waals surface area contributed by atoms with E-state index in [0.717, 1.165) is 182 Å². The van der Waals surface area contributed by atoms with Crippen molar-refractivity contribution in [1.29, 1.82) is 5.26 Å². The third kappa shape index (κ3) is 9.41. The third-order valence-electron chi connectivity index (χ3n) is 26.9. The summed E-state index contributed by atoms with van der Waals surface area (Å²) < 4.78 is 22.6. The molecule has 0 aliphatic carbocycles. The summed E-state index contributed by atoms with van der Waals surface area (Å²) in [6, 6.07) is 152. The summed E-state index contributed by atoms with van der Waals surface area (Å²) in [6.07, 6.45) is 0. The van der Waals surface area contributed by atoms with Gasteiger partial charge in [0.2, 0.25) is 0 Å². The fourth-order valence-corrected chi connectivity index (χ4v) is 24.3. The SMILES string of the molecule is N#Cc1c(-n2c3ccccc3c3ccccc32)c(-n2c3ccc(-c4cccc5c4sc4ccccc45)cc3c3cc(-n4c5ccccc5c5ccccc54)ccc32)c(-n2c3ccccc3c3ccccc32)c(-n2c3ccc(-c4cccc5c4sc4ccccc45)cc3c3cc(-n4c5ccccc5c5ccccc54)ccc32)c1-n1c2ccccc2c2ccccc21. The highest BCUT2D eigenvalue weighted by atomic mass is 32.1. The first-order valence-electron chi connectivity index (χ1n) is 42.6. The van der Waals surface area contributed by atoms with Gasteiger partial charge in [0.05, 0.1) is 106 Å². The standard InChI is InChI=1S/C115H66N8S2/c116-67-92-109(119-97-47-17-5-31-78(97)79-32-6-18-48-98(79)119)111(122-103-59-55-68(72-39-25-41-86-84-37-11-23-53-107(84)124-114(72)86)63-88(103)90-65-70(57-61-105(90)122)117-93-43-13-1-27-74(93)75-28-2-14-44-94(75)117)113(121-101-51-21-9-35-82(101)83-36-10-22-52-102(83)121)112(110(92)120-99-49-19-7-33-80(99)81-34-8-20-50-100(81)120)123-104-60-56-69(73-40-26-42-87-85-38-12-24-54-108(85)125-115(73)87)64-89(104)91-66-71(58-62-106(91)123)118-95-45-15-3-29-76(95)77-30-4-16-46-96(77)118/h1-66H. The van der Waals surface area contributed by atoms with E-state index < -0.39 is 0 Å². The molecule has 0 bridgehead atoms. The molecule has 125 heavy (non-hydrogen) atoms. The number of para-hydroxylation sites is 10. The number of hydrogen-bond donors (Lipinski definition) is 0. The van der Waals surface area contributed by atoms with E-state index in [1.54, 1.807) is 0 Å². The number of nitriles is 1. The Morgan fingerprint density at radius 1 is 0.176 bits per heavy atom. The van der Waals surface area contributed by atoms with Crippen LogP contribution in [0.4, 0.5) is 0 Å².